The molecule has 0 aromatic heterocycles. The van der Waals surface area contributed by atoms with Crippen LogP contribution in [-0.4, -0.2) is 24.4 Å². The van der Waals surface area contributed by atoms with Crippen molar-refractivity contribution < 1.29 is 4.79 Å². The number of nitrogens with two attached hydrogens (primary N) is 1. The standard InChI is InChI=1S/C14H20N2O/c1-11(2)10-16(3)14(17)8-12-6-4-5-7-13(12)9-15/h4-7H,1,8-10,15H2,2-3H3. The third-order valence-corrected chi connectivity index (χ3v) is 2.61. The summed E-state index contributed by atoms with van der Waals surface area (Å²) in [6, 6.07) is 7.78. The van der Waals surface area contributed by atoms with Crippen LogP contribution in [0.25, 0.3) is 0 Å². The number of likely N-dealkylation sites (N-methyl/N-ethyl adjacent to an activating group) is 1. The molecule has 3 heteroatoms. The topological polar surface area (TPSA) is 46.3 Å². The molecule has 1 aromatic rings. The summed E-state index contributed by atoms with van der Waals surface area (Å²) in [5.74, 6) is 0.0916. The van der Waals surface area contributed by atoms with Gasteiger partial charge in [-0.1, -0.05) is 36.4 Å². The first-order valence-electron chi connectivity index (χ1n) is 5.69. The quantitative estimate of drug-likeness (QED) is 0.786. The molecule has 0 bridgehead atoms. The Kier molecular flexibility index (Phi) is 4.91. The molecule has 0 radical (unpaired) electrons. The molecular formula is C14H20N2O. The number of benzene rings is 1. The molecule has 0 saturated heterocycles. The fourth-order valence-corrected chi connectivity index (χ4v) is 1.72. The summed E-state index contributed by atoms with van der Waals surface area (Å²) in [4.78, 5) is 13.7. The fraction of sp³-hybridized carbons (Fsp3) is 0.357. The number of amides is 1. The van der Waals surface area contributed by atoms with Crippen molar-refractivity contribution in [1.29, 1.82) is 0 Å². The molecule has 17 heavy (non-hydrogen) atoms. The monoisotopic (exact) mass is 232 g/mol. The average Bonchev–Trinajstić information content (AvgIpc) is 2.28. The van der Waals surface area contributed by atoms with E-state index >= 15 is 0 Å². The average molecular weight is 232 g/mol. The summed E-state index contributed by atoms with van der Waals surface area (Å²) >= 11 is 0. The van der Waals surface area contributed by atoms with Gasteiger partial charge in [-0.2, -0.15) is 0 Å². The van der Waals surface area contributed by atoms with E-state index in [4.69, 9.17) is 5.73 Å². The minimum atomic E-state index is 0.0916. The van der Waals surface area contributed by atoms with E-state index in [1.807, 2.05) is 31.2 Å². The summed E-state index contributed by atoms with van der Waals surface area (Å²) in [7, 11) is 1.79. The van der Waals surface area contributed by atoms with Crippen molar-refractivity contribution in [2.75, 3.05) is 13.6 Å². The van der Waals surface area contributed by atoms with Crippen LogP contribution in [0.3, 0.4) is 0 Å². The van der Waals surface area contributed by atoms with E-state index in [9.17, 15) is 4.79 Å². The highest BCUT2D eigenvalue weighted by molar-refractivity contribution is 5.79. The Morgan fingerprint density at radius 2 is 1.94 bits per heavy atom. The predicted molar refractivity (Wildman–Crippen MR) is 70.5 cm³/mol. The van der Waals surface area contributed by atoms with Crippen LogP contribution in [0.15, 0.2) is 36.4 Å². The molecule has 0 fully saturated rings. The van der Waals surface area contributed by atoms with Crippen molar-refractivity contribution in [3.05, 3.63) is 47.5 Å². The van der Waals surface area contributed by atoms with Crippen LogP contribution in [0.2, 0.25) is 0 Å². The van der Waals surface area contributed by atoms with Gasteiger partial charge in [-0.3, -0.25) is 4.79 Å². The lowest BCUT2D eigenvalue weighted by atomic mass is 10.0. The van der Waals surface area contributed by atoms with Crippen LogP contribution < -0.4 is 5.73 Å². The van der Waals surface area contributed by atoms with E-state index in [-0.39, 0.29) is 5.91 Å². The van der Waals surface area contributed by atoms with Gasteiger partial charge in [0.25, 0.3) is 0 Å². The molecule has 1 aromatic carbocycles. The summed E-state index contributed by atoms with van der Waals surface area (Å²) in [6.07, 6.45) is 0.400. The van der Waals surface area contributed by atoms with E-state index in [0.717, 1.165) is 16.7 Å². The fourth-order valence-electron chi connectivity index (χ4n) is 1.72. The number of hydrogen-bond donors (Lipinski definition) is 1. The third-order valence-electron chi connectivity index (χ3n) is 2.61. The molecule has 1 rings (SSSR count). The lowest BCUT2D eigenvalue weighted by molar-refractivity contribution is -0.128. The van der Waals surface area contributed by atoms with Gasteiger partial charge in [0.15, 0.2) is 0 Å². The lowest BCUT2D eigenvalue weighted by Crippen LogP contribution is -2.29. The van der Waals surface area contributed by atoms with Gasteiger partial charge < -0.3 is 10.6 Å². The number of nitrogens with zero attached hydrogens (tertiary/aromatic N) is 1. The Morgan fingerprint density at radius 1 is 1.35 bits per heavy atom. The minimum Gasteiger partial charge on any atom is -0.342 e. The zero-order valence-electron chi connectivity index (χ0n) is 10.6. The first-order chi connectivity index (χ1) is 8.04. The van der Waals surface area contributed by atoms with Gasteiger partial charge in [0, 0.05) is 20.1 Å². The Labute approximate surface area is 103 Å². The van der Waals surface area contributed by atoms with E-state index < -0.39 is 0 Å². The molecule has 0 atom stereocenters. The van der Waals surface area contributed by atoms with Crippen LogP contribution in [0.1, 0.15) is 18.1 Å². The molecule has 92 valence electrons. The zero-order valence-corrected chi connectivity index (χ0v) is 10.6. The second-order valence-electron chi connectivity index (χ2n) is 4.36. The smallest absolute Gasteiger partial charge is 0.227 e. The maximum Gasteiger partial charge on any atom is 0.227 e. The Morgan fingerprint density at radius 3 is 2.47 bits per heavy atom. The van der Waals surface area contributed by atoms with Gasteiger partial charge >= 0.3 is 0 Å². The largest absolute Gasteiger partial charge is 0.342 e. The Hall–Kier alpha value is -1.61. The van der Waals surface area contributed by atoms with Crippen LogP contribution in [0, 0.1) is 0 Å². The van der Waals surface area contributed by atoms with Crippen molar-refractivity contribution in [1.82, 2.24) is 4.90 Å². The number of carbonyl (C=O) groups is 1. The van der Waals surface area contributed by atoms with Crippen molar-refractivity contribution >= 4 is 5.91 Å². The molecule has 2 N–H and O–H groups in total. The summed E-state index contributed by atoms with van der Waals surface area (Å²) in [5.41, 5.74) is 8.66. The maximum atomic E-state index is 12.0. The highest BCUT2D eigenvalue weighted by Gasteiger charge is 2.11. The molecule has 0 unspecified atom stereocenters. The normalized spacial score (nSPS) is 10.1. The molecule has 0 spiro atoms. The predicted octanol–water partition coefficient (Wildman–Crippen LogP) is 1.72. The molecule has 3 nitrogen and oxygen atoms in total. The van der Waals surface area contributed by atoms with Crippen LogP contribution in [0.5, 0.6) is 0 Å². The molecule has 0 saturated carbocycles. The van der Waals surface area contributed by atoms with Crippen LogP contribution >= 0.6 is 0 Å². The van der Waals surface area contributed by atoms with Gasteiger partial charge in [0.2, 0.25) is 5.91 Å². The van der Waals surface area contributed by atoms with E-state index in [2.05, 4.69) is 6.58 Å². The number of hydrogen-bond acceptors (Lipinski definition) is 2. The second kappa shape index (κ2) is 6.21. The molecule has 0 aliphatic heterocycles. The highest BCUT2D eigenvalue weighted by atomic mass is 16.2. The molecule has 1 amide bonds. The first kappa shape index (κ1) is 13.5. The number of carbonyl (C=O) groups excluding carboxylic acids is 1. The summed E-state index contributed by atoms with van der Waals surface area (Å²) in [5, 5.41) is 0. The Balaban J connectivity index is 2.70. The van der Waals surface area contributed by atoms with E-state index in [0.29, 0.717) is 19.5 Å². The van der Waals surface area contributed by atoms with E-state index in [1.165, 1.54) is 0 Å². The van der Waals surface area contributed by atoms with Crippen molar-refractivity contribution in [3.8, 4) is 0 Å². The third kappa shape index (κ3) is 4.04. The summed E-state index contributed by atoms with van der Waals surface area (Å²) in [6.45, 7) is 6.79. The summed E-state index contributed by atoms with van der Waals surface area (Å²) < 4.78 is 0. The van der Waals surface area contributed by atoms with Crippen LogP contribution in [0.4, 0.5) is 0 Å². The molecule has 0 aliphatic carbocycles. The Bertz CT molecular complexity index is 412. The van der Waals surface area contributed by atoms with E-state index in [1.54, 1.807) is 11.9 Å². The van der Waals surface area contributed by atoms with Crippen molar-refractivity contribution in [3.63, 3.8) is 0 Å². The molecule has 0 heterocycles. The van der Waals surface area contributed by atoms with Gasteiger partial charge in [-0.25, -0.2) is 0 Å². The first-order valence-corrected chi connectivity index (χ1v) is 5.69. The van der Waals surface area contributed by atoms with Crippen LogP contribution in [-0.2, 0) is 17.8 Å². The molecule has 0 aliphatic rings. The lowest BCUT2D eigenvalue weighted by Gasteiger charge is -2.18. The SMILES string of the molecule is C=C(C)CN(C)C(=O)Cc1ccccc1CN. The highest BCUT2D eigenvalue weighted by Crippen LogP contribution is 2.10. The van der Waals surface area contributed by atoms with Gasteiger partial charge in [0.05, 0.1) is 6.42 Å². The molecular weight excluding hydrogens is 212 g/mol. The van der Waals surface area contributed by atoms with Crippen molar-refractivity contribution in [2.45, 2.75) is 19.9 Å². The minimum absolute atomic E-state index is 0.0916. The van der Waals surface area contributed by atoms with Gasteiger partial charge in [-0.15, -0.1) is 0 Å². The van der Waals surface area contributed by atoms with Gasteiger partial charge in [0.1, 0.15) is 0 Å². The zero-order chi connectivity index (χ0) is 12.8. The maximum absolute atomic E-state index is 12.0. The second-order valence-corrected chi connectivity index (χ2v) is 4.36. The van der Waals surface area contributed by atoms with Gasteiger partial charge in [-0.05, 0) is 18.1 Å². The van der Waals surface area contributed by atoms with Crippen molar-refractivity contribution in [2.24, 2.45) is 5.73 Å². The number of rotatable bonds is 5.